The lowest BCUT2D eigenvalue weighted by Gasteiger charge is -2.24. The van der Waals surface area contributed by atoms with Gasteiger partial charge < -0.3 is 5.11 Å². The number of carboxylic acids is 1. The highest BCUT2D eigenvalue weighted by atomic mass is 31.1. The Morgan fingerprint density at radius 3 is 1.65 bits per heavy atom. The summed E-state index contributed by atoms with van der Waals surface area (Å²) in [6, 6.07) is 48.2. The molecule has 0 saturated carbocycles. The first kappa shape index (κ1) is 24.7. The van der Waals surface area contributed by atoms with Gasteiger partial charge in [0.05, 0.1) is 5.92 Å². The van der Waals surface area contributed by atoms with Gasteiger partial charge >= 0.3 is 5.97 Å². The fourth-order valence-electron chi connectivity index (χ4n) is 4.85. The van der Waals surface area contributed by atoms with Crippen LogP contribution in [-0.2, 0) is 17.6 Å². The molecule has 0 heterocycles. The molecule has 0 amide bonds. The van der Waals surface area contributed by atoms with E-state index in [0.717, 1.165) is 16.7 Å². The molecule has 0 radical (unpaired) electrons. The molecule has 5 aromatic rings. The van der Waals surface area contributed by atoms with Crippen molar-refractivity contribution in [1.29, 1.82) is 0 Å². The lowest BCUT2D eigenvalue weighted by atomic mass is 9.88. The van der Waals surface area contributed by atoms with Crippen LogP contribution in [0.1, 0.15) is 11.1 Å². The summed E-state index contributed by atoms with van der Waals surface area (Å²) in [6.45, 7) is 0. The van der Waals surface area contributed by atoms with Crippen LogP contribution in [0.15, 0.2) is 140 Å². The quantitative estimate of drug-likeness (QED) is 0.232. The summed E-state index contributed by atoms with van der Waals surface area (Å²) in [6.07, 6.45) is 0.982. The summed E-state index contributed by atoms with van der Waals surface area (Å²) in [4.78, 5) is 12.3. The second-order valence-electron chi connectivity index (χ2n) is 9.11. The van der Waals surface area contributed by atoms with E-state index in [4.69, 9.17) is 0 Å². The predicted octanol–water partition coefficient (Wildman–Crippen LogP) is 6.60. The van der Waals surface area contributed by atoms with Crippen molar-refractivity contribution in [3.63, 3.8) is 0 Å². The summed E-state index contributed by atoms with van der Waals surface area (Å²) in [5, 5.41) is 14.0. The van der Waals surface area contributed by atoms with Gasteiger partial charge in [-0.15, -0.1) is 0 Å². The molecule has 0 fully saturated rings. The largest absolute Gasteiger partial charge is 0.481 e. The normalized spacial score (nSPS) is 11.8. The molecule has 182 valence electrons. The van der Waals surface area contributed by atoms with Crippen molar-refractivity contribution in [3.05, 3.63) is 151 Å². The molecule has 0 spiro atoms. The van der Waals surface area contributed by atoms with Crippen molar-refractivity contribution >= 4 is 29.8 Å². The van der Waals surface area contributed by atoms with E-state index in [0.29, 0.717) is 12.8 Å². The first-order chi connectivity index (χ1) is 18.2. The van der Waals surface area contributed by atoms with Crippen LogP contribution in [0.3, 0.4) is 0 Å². The highest BCUT2D eigenvalue weighted by molar-refractivity contribution is 7.80. The highest BCUT2D eigenvalue weighted by Gasteiger charge is 2.23. The lowest BCUT2D eigenvalue weighted by Crippen LogP contribution is -2.23. The van der Waals surface area contributed by atoms with Gasteiger partial charge in [0.25, 0.3) is 0 Å². The molecular weight excluding hydrogens is 471 g/mol. The molecule has 1 N–H and O–H groups in total. The molecule has 5 aromatic carbocycles. The predicted molar refractivity (Wildman–Crippen MR) is 156 cm³/mol. The van der Waals surface area contributed by atoms with Gasteiger partial charge in [-0.2, -0.15) is 0 Å². The van der Waals surface area contributed by atoms with Crippen molar-refractivity contribution in [2.45, 2.75) is 12.8 Å². The van der Waals surface area contributed by atoms with E-state index in [1.165, 1.54) is 21.5 Å². The molecule has 0 bridgehead atoms. The van der Waals surface area contributed by atoms with E-state index >= 15 is 0 Å². The number of benzene rings is 5. The molecule has 5 rings (SSSR count). The van der Waals surface area contributed by atoms with E-state index in [-0.39, 0.29) is 0 Å². The van der Waals surface area contributed by atoms with Gasteiger partial charge in [-0.1, -0.05) is 140 Å². The topological polar surface area (TPSA) is 37.3 Å². The summed E-state index contributed by atoms with van der Waals surface area (Å²) in [7, 11) is -0.792. The number of aliphatic carboxylic acids is 1. The molecule has 3 heteroatoms. The molecule has 1 unspecified atom stereocenters. The first-order valence-corrected chi connectivity index (χ1v) is 13.9. The minimum atomic E-state index is -0.792. The van der Waals surface area contributed by atoms with Gasteiger partial charge in [0.1, 0.15) is 0 Å². The van der Waals surface area contributed by atoms with Crippen LogP contribution in [0.25, 0.3) is 11.1 Å². The van der Waals surface area contributed by atoms with Crippen molar-refractivity contribution in [2.75, 3.05) is 0 Å². The SMILES string of the molecule is O=C(O)C(Cc1ccccc1)Cc1ccccc1-c1ccccc1P(c1ccccc1)c1ccccc1. The number of rotatable bonds is 9. The van der Waals surface area contributed by atoms with Crippen LogP contribution in [-0.4, -0.2) is 11.1 Å². The molecule has 0 aliphatic carbocycles. The van der Waals surface area contributed by atoms with Crippen molar-refractivity contribution in [1.82, 2.24) is 0 Å². The van der Waals surface area contributed by atoms with Crippen LogP contribution < -0.4 is 15.9 Å². The molecule has 0 aliphatic rings. The fraction of sp³-hybridized carbons (Fsp3) is 0.0882. The third-order valence-electron chi connectivity index (χ3n) is 6.62. The van der Waals surface area contributed by atoms with E-state index in [1.54, 1.807) is 0 Å². The Kier molecular flexibility index (Phi) is 7.89. The number of carbonyl (C=O) groups is 1. The van der Waals surface area contributed by atoms with Gasteiger partial charge in [0.2, 0.25) is 0 Å². The molecule has 0 aromatic heterocycles. The Morgan fingerprint density at radius 1 is 0.568 bits per heavy atom. The molecule has 2 nitrogen and oxygen atoms in total. The minimum Gasteiger partial charge on any atom is -0.481 e. The third-order valence-corrected chi connectivity index (χ3v) is 9.12. The Hall–Kier alpha value is -4.00. The first-order valence-electron chi connectivity index (χ1n) is 12.5. The van der Waals surface area contributed by atoms with Gasteiger partial charge in [-0.05, 0) is 58.9 Å². The highest BCUT2D eigenvalue weighted by Crippen LogP contribution is 2.38. The Morgan fingerprint density at radius 2 is 1.05 bits per heavy atom. The molecule has 0 aliphatic heterocycles. The van der Waals surface area contributed by atoms with Crippen LogP contribution in [0, 0.1) is 5.92 Å². The number of hydrogen-bond donors (Lipinski definition) is 1. The maximum Gasteiger partial charge on any atom is 0.307 e. The second kappa shape index (κ2) is 11.8. The monoisotopic (exact) mass is 500 g/mol. The fourth-order valence-corrected chi connectivity index (χ4v) is 7.32. The zero-order chi connectivity index (χ0) is 25.5. The average Bonchev–Trinajstić information content (AvgIpc) is 2.95. The van der Waals surface area contributed by atoms with E-state index in [9.17, 15) is 9.90 Å². The average molecular weight is 501 g/mol. The Labute approximate surface area is 220 Å². The summed E-state index contributed by atoms with van der Waals surface area (Å²) < 4.78 is 0. The summed E-state index contributed by atoms with van der Waals surface area (Å²) >= 11 is 0. The maximum atomic E-state index is 12.3. The molecular formula is C34H29O2P. The zero-order valence-corrected chi connectivity index (χ0v) is 21.5. The number of carboxylic acid groups (broad SMARTS) is 1. The number of hydrogen-bond acceptors (Lipinski definition) is 1. The van der Waals surface area contributed by atoms with Crippen LogP contribution >= 0.6 is 7.92 Å². The Bertz CT molecular complexity index is 1410. The van der Waals surface area contributed by atoms with Gasteiger partial charge in [0.15, 0.2) is 0 Å². The standard InChI is InChI=1S/C34H29O2P/c35-34(36)28(24-26-14-4-1-5-15-26)25-27-16-10-11-21-31(27)32-22-12-13-23-33(32)37(29-17-6-2-7-18-29)30-19-8-3-9-20-30/h1-23,28H,24-25H2,(H,35,36). The van der Waals surface area contributed by atoms with E-state index < -0.39 is 19.8 Å². The maximum absolute atomic E-state index is 12.3. The smallest absolute Gasteiger partial charge is 0.307 e. The van der Waals surface area contributed by atoms with Crippen molar-refractivity contribution in [3.8, 4) is 11.1 Å². The molecule has 1 atom stereocenters. The van der Waals surface area contributed by atoms with Gasteiger partial charge in [0, 0.05) is 0 Å². The van der Waals surface area contributed by atoms with E-state index in [2.05, 4.69) is 103 Å². The van der Waals surface area contributed by atoms with Crippen molar-refractivity contribution in [2.24, 2.45) is 5.92 Å². The van der Waals surface area contributed by atoms with Crippen molar-refractivity contribution < 1.29 is 9.90 Å². The molecule has 37 heavy (non-hydrogen) atoms. The summed E-state index contributed by atoms with van der Waals surface area (Å²) in [5.74, 6) is -1.26. The third kappa shape index (κ3) is 5.88. The van der Waals surface area contributed by atoms with Gasteiger partial charge in [-0.25, -0.2) is 0 Å². The van der Waals surface area contributed by atoms with E-state index in [1.807, 2.05) is 36.4 Å². The summed E-state index contributed by atoms with van der Waals surface area (Å²) in [5.41, 5.74) is 4.39. The zero-order valence-electron chi connectivity index (χ0n) is 20.6. The van der Waals surface area contributed by atoms with Crippen LogP contribution in [0.5, 0.6) is 0 Å². The lowest BCUT2D eigenvalue weighted by molar-refractivity contribution is -0.141. The van der Waals surface area contributed by atoms with Gasteiger partial charge in [-0.3, -0.25) is 4.79 Å². The molecule has 0 saturated heterocycles. The minimum absolute atomic E-state index is 0.476. The Balaban J connectivity index is 1.58. The van der Waals surface area contributed by atoms with Crippen LogP contribution in [0.2, 0.25) is 0 Å². The second-order valence-corrected chi connectivity index (χ2v) is 11.3. The van der Waals surface area contributed by atoms with Crippen LogP contribution in [0.4, 0.5) is 0 Å².